The Balaban J connectivity index is 1.96. The summed E-state index contributed by atoms with van der Waals surface area (Å²) in [6, 6.07) is -0.0447. The van der Waals surface area contributed by atoms with E-state index in [1.54, 1.807) is 0 Å². The molecule has 0 aromatic rings. The van der Waals surface area contributed by atoms with E-state index in [1.807, 2.05) is 20.8 Å². The number of nitrogens with one attached hydrogen (secondary N) is 1. The van der Waals surface area contributed by atoms with E-state index in [1.165, 1.54) is 19.3 Å². The van der Waals surface area contributed by atoms with Crippen molar-refractivity contribution in [2.45, 2.75) is 51.7 Å². The molecule has 1 heterocycles. The zero-order valence-electron chi connectivity index (χ0n) is 9.88. The van der Waals surface area contributed by atoms with Gasteiger partial charge < -0.3 is 10.1 Å². The Kier molecular flexibility index (Phi) is 2.75. The number of esters is 1. The summed E-state index contributed by atoms with van der Waals surface area (Å²) in [7, 11) is 0. The highest BCUT2D eigenvalue weighted by atomic mass is 16.6. The molecule has 3 atom stereocenters. The molecule has 0 aromatic heterocycles. The molecule has 2 aliphatic rings. The van der Waals surface area contributed by atoms with Gasteiger partial charge in [0.2, 0.25) is 0 Å². The molecule has 0 radical (unpaired) electrons. The van der Waals surface area contributed by atoms with Crippen LogP contribution in [-0.2, 0) is 9.53 Å². The van der Waals surface area contributed by atoms with Crippen molar-refractivity contribution in [3.05, 3.63) is 0 Å². The Morgan fingerprint density at radius 3 is 2.73 bits per heavy atom. The maximum Gasteiger partial charge on any atom is 0.323 e. The minimum atomic E-state index is -0.366. The maximum absolute atomic E-state index is 11.9. The van der Waals surface area contributed by atoms with Crippen LogP contribution in [0.3, 0.4) is 0 Å². The van der Waals surface area contributed by atoms with Crippen molar-refractivity contribution in [2.24, 2.45) is 11.8 Å². The van der Waals surface area contributed by atoms with Crippen molar-refractivity contribution in [2.75, 3.05) is 6.54 Å². The van der Waals surface area contributed by atoms with Crippen LogP contribution in [0.5, 0.6) is 0 Å². The molecular weight excluding hydrogens is 190 g/mol. The Morgan fingerprint density at radius 1 is 1.33 bits per heavy atom. The molecule has 0 spiro atoms. The van der Waals surface area contributed by atoms with Gasteiger partial charge in [0.15, 0.2) is 0 Å². The fourth-order valence-electron chi connectivity index (χ4n) is 2.81. The summed E-state index contributed by atoms with van der Waals surface area (Å²) in [6.07, 6.45) is 3.73. The van der Waals surface area contributed by atoms with Gasteiger partial charge in [0.05, 0.1) is 0 Å². The first kappa shape index (κ1) is 10.9. The van der Waals surface area contributed by atoms with Crippen LogP contribution in [0.15, 0.2) is 0 Å². The van der Waals surface area contributed by atoms with Gasteiger partial charge in [-0.15, -0.1) is 0 Å². The van der Waals surface area contributed by atoms with Crippen LogP contribution < -0.4 is 5.32 Å². The monoisotopic (exact) mass is 211 g/mol. The van der Waals surface area contributed by atoms with E-state index in [0.29, 0.717) is 11.8 Å². The Bertz CT molecular complexity index is 257. The standard InChI is InChI=1S/C12H21NO2/c1-12(2,3)15-11(14)10-9-6-4-5-8(9)7-13-10/h8-10,13H,4-7H2,1-3H3/t8-,9-,10+/m0/s1. The van der Waals surface area contributed by atoms with Gasteiger partial charge in [-0.1, -0.05) is 6.42 Å². The third-order valence-electron chi connectivity index (χ3n) is 3.41. The predicted molar refractivity (Wildman–Crippen MR) is 58.5 cm³/mol. The molecule has 0 bridgehead atoms. The molecule has 0 unspecified atom stereocenters. The molecule has 1 saturated heterocycles. The Hall–Kier alpha value is -0.570. The van der Waals surface area contributed by atoms with Crippen LogP contribution >= 0.6 is 0 Å². The number of rotatable bonds is 1. The zero-order valence-corrected chi connectivity index (χ0v) is 9.88. The topological polar surface area (TPSA) is 38.3 Å². The van der Waals surface area contributed by atoms with Gasteiger partial charge in [0.25, 0.3) is 0 Å². The minimum Gasteiger partial charge on any atom is -0.459 e. The summed E-state index contributed by atoms with van der Waals surface area (Å²) in [5, 5.41) is 3.31. The minimum absolute atomic E-state index is 0.0447. The van der Waals surface area contributed by atoms with Gasteiger partial charge in [-0.25, -0.2) is 0 Å². The quantitative estimate of drug-likeness (QED) is 0.671. The second kappa shape index (κ2) is 3.78. The third-order valence-corrected chi connectivity index (χ3v) is 3.41. The summed E-state index contributed by atoms with van der Waals surface area (Å²) >= 11 is 0. The first-order chi connectivity index (χ1) is 6.97. The lowest BCUT2D eigenvalue weighted by Crippen LogP contribution is -2.40. The highest BCUT2D eigenvalue weighted by Gasteiger charge is 2.43. The van der Waals surface area contributed by atoms with Crippen LogP contribution in [0.1, 0.15) is 40.0 Å². The lowest BCUT2D eigenvalue weighted by molar-refractivity contribution is -0.158. The number of fused-ring (bicyclic) bond motifs is 1. The average molecular weight is 211 g/mol. The summed E-state index contributed by atoms with van der Waals surface area (Å²) in [5.74, 6) is 1.18. The van der Waals surface area contributed by atoms with E-state index in [-0.39, 0.29) is 17.6 Å². The maximum atomic E-state index is 11.9. The van der Waals surface area contributed by atoms with E-state index >= 15 is 0 Å². The molecule has 15 heavy (non-hydrogen) atoms. The molecule has 0 amide bonds. The average Bonchev–Trinajstić information content (AvgIpc) is 2.57. The molecule has 1 saturated carbocycles. The summed E-state index contributed by atoms with van der Waals surface area (Å²) in [4.78, 5) is 11.9. The van der Waals surface area contributed by atoms with E-state index < -0.39 is 0 Å². The Labute approximate surface area is 91.6 Å². The van der Waals surface area contributed by atoms with Gasteiger partial charge in [0, 0.05) is 0 Å². The molecule has 1 aliphatic carbocycles. The fraction of sp³-hybridized carbons (Fsp3) is 0.917. The lowest BCUT2D eigenvalue weighted by atomic mass is 9.94. The molecule has 86 valence electrons. The zero-order chi connectivity index (χ0) is 11.1. The SMILES string of the molecule is CC(C)(C)OC(=O)[C@@H]1NC[C@@H]2CCC[C@@H]21. The second-order valence-corrected chi connectivity index (χ2v) is 5.77. The Morgan fingerprint density at radius 2 is 2.07 bits per heavy atom. The lowest BCUT2D eigenvalue weighted by Gasteiger charge is -2.24. The van der Waals surface area contributed by atoms with Gasteiger partial charge >= 0.3 is 5.97 Å². The highest BCUT2D eigenvalue weighted by molar-refractivity contribution is 5.77. The fourth-order valence-corrected chi connectivity index (χ4v) is 2.81. The molecule has 1 aliphatic heterocycles. The molecule has 1 N–H and O–H groups in total. The van der Waals surface area contributed by atoms with Gasteiger partial charge in [-0.05, 0) is 52.0 Å². The smallest absolute Gasteiger partial charge is 0.323 e. The van der Waals surface area contributed by atoms with Crippen LogP contribution in [0, 0.1) is 11.8 Å². The number of carbonyl (C=O) groups is 1. The molecule has 3 heteroatoms. The predicted octanol–water partition coefficient (Wildman–Crippen LogP) is 1.72. The largest absolute Gasteiger partial charge is 0.459 e. The van der Waals surface area contributed by atoms with Crippen molar-refractivity contribution in [1.82, 2.24) is 5.32 Å². The highest BCUT2D eigenvalue weighted by Crippen LogP contribution is 2.38. The van der Waals surface area contributed by atoms with Crippen molar-refractivity contribution < 1.29 is 9.53 Å². The van der Waals surface area contributed by atoms with Crippen molar-refractivity contribution in [3.63, 3.8) is 0 Å². The molecule has 2 rings (SSSR count). The van der Waals surface area contributed by atoms with Gasteiger partial charge in [-0.3, -0.25) is 4.79 Å². The summed E-state index contributed by atoms with van der Waals surface area (Å²) < 4.78 is 5.43. The van der Waals surface area contributed by atoms with Gasteiger partial charge in [-0.2, -0.15) is 0 Å². The normalized spacial score (nSPS) is 35.3. The third kappa shape index (κ3) is 2.33. The molecule has 3 nitrogen and oxygen atoms in total. The molecule has 2 fully saturated rings. The van der Waals surface area contributed by atoms with Crippen LogP contribution in [-0.4, -0.2) is 24.2 Å². The number of hydrogen-bond donors (Lipinski definition) is 1. The first-order valence-corrected chi connectivity index (χ1v) is 5.93. The first-order valence-electron chi connectivity index (χ1n) is 5.93. The van der Waals surface area contributed by atoms with Crippen LogP contribution in [0.4, 0.5) is 0 Å². The van der Waals surface area contributed by atoms with E-state index in [9.17, 15) is 4.79 Å². The van der Waals surface area contributed by atoms with Gasteiger partial charge in [0.1, 0.15) is 11.6 Å². The van der Waals surface area contributed by atoms with E-state index in [0.717, 1.165) is 6.54 Å². The van der Waals surface area contributed by atoms with Crippen LogP contribution in [0.25, 0.3) is 0 Å². The van der Waals surface area contributed by atoms with Crippen molar-refractivity contribution >= 4 is 5.97 Å². The van der Waals surface area contributed by atoms with Crippen molar-refractivity contribution in [3.8, 4) is 0 Å². The van der Waals surface area contributed by atoms with Crippen LogP contribution in [0.2, 0.25) is 0 Å². The summed E-state index contributed by atoms with van der Waals surface area (Å²) in [5.41, 5.74) is -0.366. The number of carbonyl (C=O) groups excluding carboxylic acids is 1. The second-order valence-electron chi connectivity index (χ2n) is 5.77. The summed E-state index contributed by atoms with van der Waals surface area (Å²) in [6.45, 7) is 6.76. The number of ether oxygens (including phenoxy) is 1. The molecular formula is C12H21NO2. The molecule has 0 aromatic carbocycles. The van der Waals surface area contributed by atoms with E-state index in [2.05, 4.69) is 5.32 Å². The number of hydrogen-bond acceptors (Lipinski definition) is 3. The van der Waals surface area contributed by atoms with E-state index in [4.69, 9.17) is 4.74 Å². The van der Waals surface area contributed by atoms with Crippen molar-refractivity contribution in [1.29, 1.82) is 0 Å².